The lowest BCUT2D eigenvalue weighted by Gasteiger charge is -2.50. The molecule has 1 heteroatoms. The van der Waals surface area contributed by atoms with E-state index in [1.54, 1.807) is 0 Å². The van der Waals surface area contributed by atoms with Crippen molar-refractivity contribution in [2.24, 2.45) is 11.3 Å². The third kappa shape index (κ3) is 1.39. The molecular formula is C11H21N. The van der Waals surface area contributed by atoms with Gasteiger partial charge in [-0.3, -0.25) is 0 Å². The van der Waals surface area contributed by atoms with E-state index in [9.17, 15) is 0 Å². The van der Waals surface area contributed by atoms with Crippen LogP contribution in [0.1, 0.15) is 39.0 Å². The molecule has 1 saturated carbocycles. The molecule has 12 heavy (non-hydrogen) atoms. The second-order valence-corrected chi connectivity index (χ2v) is 5.03. The summed E-state index contributed by atoms with van der Waals surface area (Å²) in [5, 5.41) is 0. The number of rotatable bonds is 1. The molecule has 0 bridgehead atoms. The zero-order valence-electron chi connectivity index (χ0n) is 8.47. The summed E-state index contributed by atoms with van der Waals surface area (Å²) in [5.41, 5.74) is 0.772. The Morgan fingerprint density at radius 1 is 1.42 bits per heavy atom. The summed E-state index contributed by atoms with van der Waals surface area (Å²) in [6, 6.07) is 0. The van der Waals surface area contributed by atoms with Crippen molar-refractivity contribution >= 4 is 0 Å². The molecule has 0 unspecified atom stereocenters. The Bertz CT molecular complexity index is 160. The SMILES string of the molecule is CC[C@H]1CN(C)CC2(CCC2)C1. The van der Waals surface area contributed by atoms with Crippen molar-refractivity contribution in [3.8, 4) is 0 Å². The number of nitrogens with zero attached hydrogens (tertiary/aromatic N) is 1. The maximum Gasteiger partial charge on any atom is 0.00351 e. The van der Waals surface area contributed by atoms with E-state index in [1.807, 2.05) is 0 Å². The number of likely N-dealkylation sites (tertiary alicyclic amines) is 1. The van der Waals surface area contributed by atoms with Crippen LogP contribution in [0.2, 0.25) is 0 Å². The van der Waals surface area contributed by atoms with E-state index in [-0.39, 0.29) is 0 Å². The van der Waals surface area contributed by atoms with Crippen molar-refractivity contribution in [3.63, 3.8) is 0 Å². The highest BCUT2D eigenvalue weighted by molar-refractivity contribution is 4.94. The fraction of sp³-hybridized carbons (Fsp3) is 1.00. The van der Waals surface area contributed by atoms with E-state index < -0.39 is 0 Å². The lowest BCUT2D eigenvalue weighted by atomic mass is 9.62. The molecule has 0 aromatic heterocycles. The fourth-order valence-corrected chi connectivity index (χ4v) is 3.13. The van der Waals surface area contributed by atoms with Crippen LogP contribution >= 0.6 is 0 Å². The largest absolute Gasteiger partial charge is 0.306 e. The molecule has 1 saturated heterocycles. The first-order chi connectivity index (χ1) is 5.74. The van der Waals surface area contributed by atoms with Gasteiger partial charge >= 0.3 is 0 Å². The van der Waals surface area contributed by atoms with Gasteiger partial charge in [-0.2, -0.15) is 0 Å². The minimum absolute atomic E-state index is 0.772. The van der Waals surface area contributed by atoms with Gasteiger partial charge in [-0.05, 0) is 37.6 Å². The van der Waals surface area contributed by atoms with Crippen LogP contribution in [0.15, 0.2) is 0 Å². The van der Waals surface area contributed by atoms with Gasteiger partial charge in [0.05, 0.1) is 0 Å². The van der Waals surface area contributed by atoms with Crippen molar-refractivity contribution in [2.75, 3.05) is 20.1 Å². The molecule has 0 radical (unpaired) electrons. The van der Waals surface area contributed by atoms with E-state index in [2.05, 4.69) is 18.9 Å². The second kappa shape index (κ2) is 3.02. The molecule has 0 amide bonds. The van der Waals surface area contributed by atoms with Crippen molar-refractivity contribution < 1.29 is 0 Å². The van der Waals surface area contributed by atoms with Crippen LogP contribution in [-0.2, 0) is 0 Å². The molecule has 0 aromatic carbocycles. The Kier molecular flexibility index (Phi) is 2.16. The van der Waals surface area contributed by atoms with Gasteiger partial charge < -0.3 is 4.90 Å². The second-order valence-electron chi connectivity index (χ2n) is 5.03. The first-order valence-electron chi connectivity index (χ1n) is 5.43. The maximum absolute atomic E-state index is 2.55. The minimum atomic E-state index is 0.772. The Labute approximate surface area is 76.1 Å². The van der Waals surface area contributed by atoms with Gasteiger partial charge in [-0.15, -0.1) is 0 Å². The summed E-state index contributed by atoms with van der Waals surface area (Å²) in [4.78, 5) is 2.55. The van der Waals surface area contributed by atoms with Crippen LogP contribution in [-0.4, -0.2) is 25.0 Å². The molecule has 70 valence electrons. The van der Waals surface area contributed by atoms with Gasteiger partial charge in [0.25, 0.3) is 0 Å². The first kappa shape index (κ1) is 8.55. The highest BCUT2D eigenvalue weighted by Gasteiger charge is 2.42. The maximum atomic E-state index is 2.55. The summed E-state index contributed by atoms with van der Waals surface area (Å²) in [5.74, 6) is 0.990. The summed E-state index contributed by atoms with van der Waals surface area (Å²) in [6.07, 6.45) is 7.41. The van der Waals surface area contributed by atoms with Crippen LogP contribution in [0.3, 0.4) is 0 Å². The van der Waals surface area contributed by atoms with Gasteiger partial charge in [0.2, 0.25) is 0 Å². The standard InChI is InChI=1S/C11H21N/c1-3-10-7-11(5-4-6-11)9-12(2)8-10/h10H,3-9H2,1-2H3/t10-/m1/s1. The van der Waals surface area contributed by atoms with Gasteiger partial charge in [-0.25, -0.2) is 0 Å². The molecule has 2 rings (SSSR count). The number of piperidine rings is 1. The van der Waals surface area contributed by atoms with Crippen molar-refractivity contribution in [1.29, 1.82) is 0 Å². The normalized spacial score (nSPS) is 35.0. The van der Waals surface area contributed by atoms with E-state index in [4.69, 9.17) is 0 Å². The van der Waals surface area contributed by atoms with Crippen LogP contribution in [0, 0.1) is 11.3 Å². The summed E-state index contributed by atoms with van der Waals surface area (Å²) in [7, 11) is 2.29. The molecule has 1 aliphatic carbocycles. The highest BCUT2D eigenvalue weighted by Crippen LogP contribution is 2.49. The van der Waals surface area contributed by atoms with Gasteiger partial charge in [0, 0.05) is 13.1 Å². The molecule has 1 aliphatic heterocycles. The predicted octanol–water partition coefficient (Wildman–Crippen LogP) is 2.52. The zero-order chi connectivity index (χ0) is 8.60. The molecule has 1 spiro atoms. The molecule has 1 heterocycles. The molecule has 0 aromatic rings. The zero-order valence-corrected chi connectivity index (χ0v) is 8.47. The average molecular weight is 167 g/mol. The van der Waals surface area contributed by atoms with Crippen LogP contribution in [0.25, 0.3) is 0 Å². The topological polar surface area (TPSA) is 3.24 Å². The van der Waals surface area contributed by atoms with Gasteiger partial charge in [0.1, 0.15) is 0 Å². The van der Waals surface area contributed by atoms with Crippen LogP contribution in [0.5, 0.6) is 0 Å². The molecule has 1 atom stereocenters. The van der Waals surface area contributed by atoms with E-state index in [0.717, 1.165) is 11.3 Å². The highest BCUT2D eigenvalue weighted by atomic mass is 15.1. The Morgan fingerprint density at radius 2 is 2.17 bits per heavy atom. The monoisotopic (exact) mass is 167 g/mol. The Morgan fingerprint density at radius 3 is 2.67 bits per heavy atom. The third-order valence-electron chi connectivity index (χ3n) is 3.89. The van der Waals surface area contributed by atoms with Crippen LogP contribution in [0.4, 0.5) is 0 Å². The molecular weight excluding hydrogens is 146 g/mol. The summed E-state index contributed by atoms with van der Waals surface area (Å²) in [6.45, 7) is 5.07. The lowest BCUT2D eigenvalue weighted by molar-refractivity contribution is 0.000298. The molecule has 0 N–H and O–H groups in total. The van der Waals surface area contributed by atoms with Crippen LogP contribution < -0.4 is 0 Å². The number of hydrogen-bond acceptors (Lipinski definition) is 1. The van der Waals surface area contributed by atoms with Gasteiger partial charge in [-0.1, -0.05) is 19.8 Å². The van der Waals surface area contributed by atoms with E-state index in [1.165, 1.54) is 45.2 Å². The summed E-state index contributed by atoms with van der Waals surface area (Å²) < 4.78 is 0. The quantitative estimate of drug-likeness (QED) is 0.580. The summed E-state index contributed by atoms with van der Waals surface area (Å²) >= 11 is 0. The molecule has 2 aliphatic rings. The van der Waals surface area contributed by atoms with E-state index in [0.29, 0.717) is 0 Å². The Balaban J connectivity index is 1.98. The van der Waals surface area contributed by atoms with E-state index >= 15 is 0 Å². The van der Waals surface area contributed by atoms with Crippen molar-refractivity contribution in [2.45, 2.75) is 39.0 Å². The number of hydrogen-bond donors (Lipinski definition) is 0. The molecule has 1 nitrogen and oxygen atoms in total. The third-order valence-corrected chi connectivity index (χ3v) is 3.89. The smallest absolute Gasteiger partial charge is 0.00351 e. The van der Waals surface area contributed by atoms with Crippen molar-refractivity contribution in [3.05, 3.63) is 0 Å². The average Bonchev–Trinajstić information content (AvgIpc) is 2.00. The fourth-order valence-electron chi connectivity index (χ4n) is 3.13. The van der Waals surface area contributed by atoms with Gasteiger partial charge in [0.15, 0.2) is 0 Å². The predicted molar refractivity (Wildman–Crippen MR) is 52.2 cm³/mol. The lowest BCUT2D eigenvalue weighted by Crippen LogP contribution is -2.48. The minimum Gasteiger partial charge on any atom is -0.306 e. The first-order valence-corrected chi connectivity index (χ1v) is 5.43. The van der Waals surface area contributed by atoms with Crippen molar-refractivity contribution in [1.82, 2.24) is 4.90 Å². The Hall–Kier alpha value is -0.0400. The molecule has 2 fully saturated rings.